The van der Waals surface area contributed by atoms with Crippen LogP contribution in [0.15, 0.2) is 45.3 Å². The van der Waals surface area contributed by atoms with Crippen LogP contribution < -0.4 is 10.5 Å². The van der Waals surface area contributed by atoms with Crippen LogP contribution in [0.25, 0.3) is 0 Å². The predicted molar refractivity (Wildman–Crippen MR) is 82.9 cm³/mol. The quantitative estimate of drug-likeness (QED) is 0.819. The summed E-state index contributed by atoms with van der Waals surface area (Å²) in [6, 6.07) is 11.2. The number of nitrogens with two attached hydrogens (primary N) is 1. The van der Waals surface area contributed by atoms with Crippen LogP contribution in [-0.4, -0.2) is 0 Å². The monoisotopic (exact) mass is 354 g/mol. The van der Waals surface area contributed by atoms with E-state index < -0.39 is 0 Å². The minimum atomic E-state index is -0.344. The van der Waals surface area contributed by atoms with Gasteiger partial charge >= 0.3 is 0 Å². The Morgan fingerprint density at radius 3 is 2.59 bits per heavy atom. The van der Waals surface area contributed by atoms with Gasteiger partial charge in [-0.25, -0.2) is 0 Å². The fraction of sp³-hybridized carbons (Fsp3) is 0.188. The first kappa shape index (κ1) is 15.6. The summed E-state index contributed by atoms with van der Waals surface area (Å²) in [5.74, 6) is 0.293. The molecule has 1 aliphatic heterocycles. The molecule has 2 N–H and O–H groups in total. The Morgan fingerprint density at radius 1 is 1.32 bits per heavy atom. The first-order chi connectivity index (χ1) is 10.5. The van der Waals surface area contributed by atoms with Gasteiger partial charge in [-0.15, -0.1) is 0 Å². The topological polar surface area (TPSA) is 107 Å². The van der Waals surface area contributed by atoms with Crippen molar-refractivity contribution in [1.29, 1.82) is 15.8 Å². The van der Waals surface area contributed by atoms with Gasteiger partial charge in [0, 0.05) is 16.0 Å². The van der Waals surface area contributed by atoms with Gasteiger partial charge in [0.1, 0.15) is 29.5 Å². The average molecular weight is 355 g/mol. The summed E-state index contributed by atoms with van der Waals surface area (Å²) in [6.45, 7) is 1.71. The molecular weight excluding hydrogens is 344 g/mol. The van der Waals surface area contributed by atoms with Crippen LogP contribution in [0.3, 0.4) is 0 Å². The maximum absolute atomic E-state index is 9.37. The van der Waals surface area contributed by atoms with E-state index in [0.29, 0.717) is 23.3 Å². The number of nitrogens with zero attached hydrogens (tertiary/aromatic N) is 3. The van der Waals surface area contributed by atoms with E-state index in [2.05, 4.69) is 22.0 Å². The molecule has 1 aromatic carbocycles. The number of hydrogen-bond donors (Lipinski definition) is 1. The normalized spacial score (nSPS) is 15.7. The zero-order chi connectivity index (χ0) is 16.3. The zero-order valence-corrected chi connectivity index (χ0v) is 13.3. The molecule has 1 aliphatic rings. The van der Waals surface area contributed by atoms with Crippen molar-refractivity contribution in [3.63, 3.8) is 0 Å². The maximum Gasteiger partial charge on any atom is 0.205 e. The van der Waals surface area contributed by atoms with Gasteiger partial charge in [-0.1, -0.05) is 15.9 Å². The second-order valence-electron chi connectivity index (χ2n) is 4.81. The molecule has 22 heavy (non-hydrogen) atoms. The van der Waals surface area contributed by atoms with Crippen LogP contribution in [0.4, 0.5) is 0 Å². The fourth-order valence-electron chi connectivity index (χ4n) is 2.35. The van der Waals surface area contributed by atoms with Crippen molar-refractivity contribution < 1.29 is 4.74 Å². The number of ether oxygens (including phenoxy) is 1. The summed E-state index contributed by atoms with van der Waals surface area (Å²) in [5.41, 5.74) is 7.60. The molecular formula is C16H11BrN4O. The summed E-state index contributed by atoms with van der Waals surface area (Å²) >= 11 is 3.39. The average Bonchev–Trinajstić information content (AvgIpc) is 2.49. The molecule has 108 valence electrons. The molecule has 0 aliphatic carbocycles. The van der Waals surface area contributed by atoms with Crippen molar-refractivity contribution >= 4 is 15.9 Å². The molecule has 6 heteroatoms. The Labute approximate surface area is 136 Å². The largest absolute Gasteiger partial charge is 0.440 e. The van der Waals surface area contributed by atoms with Gasteiger partial charge in [0.2, 0.25) is 5.88 Å². The summed E-state index contributed by atoms with van der Waals surface area (Å²) in [4.78, 5) is 0. The van der Waals surface area contributed by atoms with E-state index in [1.807, 2.05) is 24.3 Å². The predicted octanol–water partition coefficient (Wildman–Crippen LogP) is 3.37. The molecule has 2 rings (SSSR count). The Hall–Kier alpha value is -2.75. The van der Waals surface area contributed by atoms with E-state index >= 15 is 0 Å². The molecule has 0 aromatic heterocycles. The summed E-state index contributed by atoms with van der Waals surface area (Å²) < 4.78 is 6.33. The fourth-order valence-corrected chi connectivity index (χ4v) is 2.73. The lowest BCUT2D eigenvalue weighted by Crippen LogP contribution is -2.20. The van der Waals surface area contributed by atoms with Gasteiger partial charge in [-0.05, 0) is 37.1 Å². The minimum absolute atomic E-state index is 0.0545. The summed E-state index contributed by atoms with van der Waals surface area (Å²) in [6.07, 6.45) is 0.354. The molecule has 1 aromatic rings. The second kappa shape index (κ2) is 6.35. The molecule has 0 radical (unpaired) electrons. The lowest BCUT2D eigenvalue weighted by Gasteiger charge is -2.26. The van der Waals surface area contributed by atoms with Crippen molar-refractivity contribution in [3.8, 4) is 24.0 Å². The van der Waals surface area contributed by atoms with Gasteiger partial charge in [-0.3, -0.25) is 0 Å². The molecule has 1 heterocycles. The molecule has 5 nitrogen and oxygen atoms in total. The molecule has 0 saturated carbocycles. The van der Waals surface area contributed by atoms with Crippen LogP contribution in [-0.2, 0) is 0 Å². The lowest BCUT2D eigenvalue weighted by atomic mass is 9.84. The van der Waals surface area contributed by atoms with Crippen LogP contribution in [0, 0.1) is 34.0 Å². The third kappa shape index (κ3) is 2.81. The van der Waals surface area contributed by atoms with Gasteiger partial charge in [0.05, 0.1) is 5.57 Å². The van der Waals surface area contributed by atoms with E-state index in [9.17, 15) is 5.26 Å². The van der Waals surface area contributed by atoms with Crippen molar-refractivity contribution in [2.24, 2.45) is 5.73 Å². The van der Waals surface area contributed by atoms with Gasteiger partial charge in [0.15, 0.2) is 0 Å². The summed E-state index contributed by atoms with van der Waals surface area (Å²) in [5, 5.41) is 27.3. The first-order valence-corrected chi connectivity index (χ1v) is 7.18. The number of rotatable bonds is 2. The van der Waals surface area contributed by atoms with Gasteiger partial charge in [0.25, 0.3) is 0 Å². The minimum Gasteiger partial charge on any atom is -0.440 e. The zero-order valence-electron chi connectivity index (χ0n) is 11.7. The SMILES string of the molecule is CC(C[C@@H]1C(C#N)=C(N)Oc2ccc(Br)cc21)=C(C#N)C#N. The molecule has 0 fully saturated rings. The molecule has 0 saturated heterocycles. The second-order valence-corrected chi connectivity index (χ2v) is 5.73. The number of hydrogen-bond acceptors (Lipinski definition) is 5. The molecule has 0 spiro atoms. The maximum atomic E-state index is 9.37. The highest BCUT2D eigenvalue weighted by Crippen LogP contribution is 2.42. The third-order valence-corrected chi connectivity index (χ3v) is 3.96. The van der Waals surface area contributed by atoms with E-state index in [4.69, 9.17) is 21.0 Å². The van der Waals surface area contributed by atoms with E-state index in [1.165, 1.54) is 0 Å². The lowest BCUT2D eigenvalue weighted by molar-refractivity contribution is 0.387. The number of benzene rings is 1. The Morgan fingerprint density at radius 2 is 2.00 bits per heavy atom. The number of allylic oxidation sites excluding steroid dienone is 3. The van der Waals surface area contributed by atoms with E-state index in [0.717, 1.165) is 10.0 Å². The highest BCUT2D eigenvalue weighted by Gasteiger charge is 2.30. The van der Waals surface area contributed by atoms with Gasteiger partial charge < -0.3 is 10.5 Å². The van der Waals surface area contributed by atoms with E-state index in [1.54, 1.807) is 13.0 Å². The number of nitriles is 3. The highest BCUT2D eigenvalue weighted by atomic mass is 79.9. The van der Waals surface area contributed by atoms with E-state index in [-0.39, 0.29) is 17.4 Å². The Balaban J connectivity index is 2.56. The number of fused-ring (bicyclic) bond motifs is 1. The van der Waals surface area contributed by atoms with Crippen LogP contribution in [0.1, 0.15) is 24.8 Å². The van der Waals surface area contributed by atoms with Crippen molar-refractivity contribution in [1.82, 2.24) is 0 Å². The van der Waals surface area contributed by atoms with Crippen molar-refractivity contribution in [2.75, 3.05) is 0 Å². The molecule has 0 amide bonds. The Bertz CT molecular complexity index is 802. The van der Waals surface area contributed by atoms with Crippen LogP contribution >= 0.6 is 15.9 Å². The highest BCUT2D eigenvalue weighted by molar-refractivity contribution is 9.10. The Kier molecular flexibility index (Phi) is 4.51. The van der Waals surface area contributed by atoms with Crippen LogP contribution in [0.5, 0.6) is 5.75 Å². The van der Waals surface area contributed by atoms with Crippen molar-refractivity contribution in [2.45, 2.75) is 19.3 Å². The standard InChI is InChI=1S/C16H11BrN4O/c1-9(10(6-18)7-19)4-12-13-5-11(17)2-3-15(13)22-16(21)14(12)8-20/h2-3,5,12H,4,21H2,1H3/t12-/m0/s1. The first-order valence-electron chi connectivity index (χ1n) is 6.38. The smallest absolute Gasteiger partial charge is 0.205 e. The summed E-state index contributed by atoms with van der Waals surface area (Å²) in [7, 11) is 0. The third-order valence-electron chi connectivity index (χ3n) is 3.46. The number of halogens is 1. The molecule has 0 bridgehead atoms. The molecule has 0 unspecified atom stereocenters. The van der Waals surface area contributed by atoms with Crippen molar-refractivity contribution in [3.05, 3.63) is 50.8 Å². The van der Waals surface area contributed by atoms with Crippen LogP contribution in [0.2, 0.25) is 0 Å². The van der Waals surface area contributed by atoms with Gasteiger partial charge in [-0.2, -0.15) is 15.8 Å². The molecule has 1 atom stereocenters.